The number of aryl methyl sites for hydroxylation is 1. The maximum atomic E-state index is 12.9. The fourth-order valence-corrected chi connectivity index (χ4v) is 2.72. The van der Waals surface area contributed by atoms with Gasteiger partial charge in [0, 0.05) is 19.3 Å². The summed E-state index contributed by atoms with van der Waals surface area (Å²) in [5.74, 6) is -1.64. The molecular formula is C19H17F4N3O3. The van der Waals surface area contributed by atoms with Gasteiger partial charge in [0.2, 0.25) is 5.88 Å². The summed E-state index contributed by atoms with van der Waals surface area (Å²) in [4.78, 5) is 17.0. The summed E-state index contributed by atoms with van der Waals surface area (Å²) in [7, 11) is 0. The van der Waals surface area contributed by atoms with Crippen LogP contribution < -0.4 is 14.8 Å². The molecule has 0 saturated carbocycles. The zero-order valence-electron chi connectivity index (χ0n) is 15.3. The molecule has 2 heterocycles. The molecular weight excluding hydrogens is 394 g/mol. The SMILES string of the molecule is C=C(F)C(=O)N1CC(Nc2c(C)ccnc2Oc2ccc(OC(F)(F)F)cc2)C1. The fourth-order valence-electron chi connectivity index (χ4n) is 2.72. The number of rotatable bonds is 6. The number of amides is 1. The summed E-state index contributed by atoms with van der Waals surface area (Å²) in [5, 5.41) is 3.19. The number of hydrogen-bond donors (Lipinski definition) is 1. The Bertz CT molecular complexity index is 910. The van der Waals surface area contributed by atoms with Crippen molar-refractivity contribution in [1.29, 1.82) is 0 Å². The number of carbonyl (C=O) groups is 1. The lowest BCUT2D eigenvalue weighted by Gasteiger charge is -2.39. The Kier molecular flexibility index (Phi) is 5.62. The average Bonchev–Trinajstić information content (AvgIpc) is 2.59. The second kappa shape index (κ2) is 7.98. The predicted octanol–water partition coefficient (Wildman–Crippen LogP) is 4.19. The highest BCUT2D eigenvalue weighted by Crippen LogP contribution is 2.33. The predicted molar refractivity (Wildman–Crippen MR) is 96.4 cm³/mol. The number of alkyl halides is 3. The molecule has 1 aromatic heterocycles. The largest absolute Gasteiger partial charge is 0.573 e. The molecule has 154 valence electrons. The van der Waals surface area contributed by atoms with Gasteiger partial charge >= 0.3 is 6.36 Å². The lowest BCUT2D eigenvalue weighted by Crippen LogP contribution is -2.57. The standard InChI is InChI=1S/C19H17F4N3O3/c1-11-7-8-24-17(16(11)25-13-9-26(10-13)18(27)12(2)20)28-14-3-5-15(6-4-14)29-19(21,22)23/h3-8,13,25H,2,9-10H2,1H3. The van der Waals surface area contributed by atoms with E-state index >= 15 is 0 Å². The molecule has 0 unspecified atom stereocenters. The second-order valence-electron chi connectivity index (χ2n) is 6.39. The molecule has 0 spiro atoms. The van der Waals surface area contributed by atoms with Crippen molar-refractivity contribution in [3.63, 3.8) is 0 Å². The number of anilines is 1. The van der Waals surface area contributed by atoms with Crippen LogP contribution in [0, 0.1) is 6.92 Å². The summed E-state index contributed by atoms with van der Waals surface area (Å²) in [6.45, 7) is 5.39. The maximum Gasteiger partial charge on any atom is 0.573 e. The molecule has 1 aromatic carbocycles. The van der Waals surface area contributed by atoms with E-state index in [9.17, 15) is 22.4 Å². The number of nitrogens with zero attached hydrogens (tertiary/aromatic N) is 2. The van der Waals surface area contributed by atoms with Crippen molar-refractivity contribution in [2.45, 2.75) is 19.3 Å². The molecule has 1 amide bonds. The highest BCUT2D eigenvalue weighted by atomic mass is 19.4. The van der Waals surface area contributed by atoms with E-state index < -0.39 is 18.1 Å². The average molecular weight is 411 g/mol. The zero-order chi connectivity index (χ0) is 21.2. The maximum absolute atomic E-state index is 12.9. The molecule has 1 aliphatic rings. The van der Waals surface area contributed by atoms with E-state index in [0.717, 1.165) is 17.7 Å². The van der Waals surface area contributed by atoms with E-state index in [1.807, 2.05) is 6.92 Å². The van der Waals surface area contributed by atoms with Gasteiger partial charge in [-0.2, -0.15) is 0 Å². The smallest absolute Gasteiger partial charge is 0.437 e. The van der Waals surface area contributed by atoms with Gasteiger partial charge in [-0.15, -0.1) is 13.2 Å². The van der Waals surface area contributed by atoms with Gasteiger partial charge < -0.3 is 19.7 Å². The van der Waals surface area contributed by atoms with Crippen molar-refractivity contribution in [1.82, 2.24) is 9.88 Å². The van der Waals surface area contributed by atoms with E-state index in [0.29, 0.717) is 18.8 Å². The highest BCUT2D eigenvalue weighted by Gasteiger charge is 2.33. The van der Waals surface area contributed by atoms with Crippen molar-refractivity contribution >= 4 is 11.6 Å². The number of nitrogens with one attached hydrogen (secondary N) is 1. The molecule has 0 atom stereocenters. The van der Waals surface area contributed by atoms with Crippen LogP contribution in [0.5, 0.6) is 17.4 Å². The van der Waals surface area contributed by atoms with Gasteiger partial charge in [-0.3, -0.25) is 4.79 Å². The van der Waals surface area contributed by atoms with Gasteiger partial charge in [0.25, 0.3) is 5.91 Å². The van der Waals surface area contributed by atoms with Crippen LogP contribution in [0.25, 0.3) is 0 Å². The first-order valence-electron chi connectivity index (χ1n) is 8.52. The minimum Gasteiger partial charge on any atom is -0.437 e. The zero-order valence-corrected chi connectivity index (χ0v) is 15.3. The summed E-state index contributed by atoms with van der Waals surface area (Å²) in [5.41, 5.74) is 1.38. The lowest BCUT2D eigenvalue weighted by atomic mass is 10.1. The van der Waals surface area contributed by atoms with Crippen LogP contribution in [0.2, 0.25) is 0 Å². The number of carbonyl (C=O) groups excluding carboxylic acids is 1. The number of benzene rings is 1. The van der Waals surface area contributed by atoms with E-state index in [-0.39, 0.29) is 23.4 Å². The Labute approximate surface area is 163 Å². The molecule has 0 aliphatic carbocycles. The Morgan fingerprint density at radius 1 is 1.21 bits per heavy atom. The van der Waals surface area contributed by atoms with Crippen LogP contribution in [-0.2, 0) is 4.79 Å². The summed E-state index contributed by atoms with van der Waals surface area (Å²) >= 11 is 0. The highest BCUT2D eigenvalue weighted by molar-refractivity contribution is 5.91. The van der Waals surface area contributed by atoms with Crippen LogP contribution in [0.3, 0.4) is 0 Å². The Hall–Kier alpha value is -3.30. The number of ether oxygens (including phenoxy) is 2. The Morgan fingerprint density at radius 3 is 2.41 bits per heavy atom. The first-order chi connectivity index (χ1) is 13.6. The minimum absolute atomic E-state index is 0.133. The molecule has 0 radical (unpaired) electrons. The first kappa shape index (κ1) is 20.4. The van der Waals surface area contributed by atoms with Crippen molar-refractivity contribution < 1.29 is 31.8 Å². The van der Waals surface area contributed by atoms with E-state index in [1.54, 1.807) is 6.07 Å². The summed E-state index contributed by atoms with van der Waals surface area (Å²) in [6, 6.07) is 6.53. The Balaban J connectivity index is 1.68. The van der Waals surface area contributed by atoms with Crippen LogP contribution in [-0.4, -0.2) is 41.3 Å². The minimum atomic E-state index is -4.77. The first-order valence-corrected chi connectivity index (χ1v) is 8.52. The van der Waals surface area contributed by atoms with Crippen LogP contribution in [0.15, 0.2) is 48.9 Å². The van der Waals surface area contributed by atoms with Crippen LogP contribution in [0.4, 0.5) is 23.2 Å². The second-order valence-corrected chi connectivity index (χ2v) is 6.39. The molecule has 1 fully saturated rings. The van der Waals surface area contributed by atoms with E-state index in [4.69, 9.17) is 4.74 Å². The third-order valence-electron chi connectivity index (χ3n) is 4.15. The van der Waals surface area contributed by atoms with Gasteiger partial charge in [-0.25, -0.2) is 9.37 Å². The van der Waals surface area contributed by atoms with Gasteiger partial charge in [0.1, 0.15) is 17.2 Å². The van der Waals surface area contributed by atoms with Crippen molar-refractivity contribution in [2.75, 3.05) is 18.4 Å². The number of aromatic nitrogens is 1. The molecule has 1 N–H and O–H groups in total. The van der Waals surface area contributed by atoms with Crippen molar-refractivity contribution in [3.8, 4) is 17.4 Å². The monoisotopic (exact) mass is 411 g/mol. The molecule has 3 rings (SSSR count). The van der Waals surface area contributed by atoms with E-state index in [1.165, 1.54) is 23.2 Å². The van der Waals surface area contributed by atoms with Crippen molar-refractivity contribution in [3.05, 3.63) is 54.5 Å². The number of halogens is 4. The molecule has 1 saturated heterocycles. The number of pyridine rings is 1. The third-order valence-corrected chi connectivity index (χ3v) is 4.15. The van der Waals surface area contributed by atoms with Crippen LogP contribution >= 0.6 is 0 Å². The molecule has 29 heavy (non-hydrogen) atoms. The molecule has 0 bridgehead atoms. The molecule has 10 heteroatoms. The van der Waals surface area contributed by atoms with E-state index in [2.05, 4.69) is 21.6 Å². The lowest BCUT2D eigenvalue weighted by molar-refractivity contribution is -0.274. The normalized spacial score (nSPS) is 14.2. The summed E-state index contributed by atoms with van der Waals surface area (Å²) in [6.07, 6.45) is -3.25. The summed E-state index contributed by atoms with van der Waals surface area (Å²) < 4.78 is 59.2. The van der Waals surface area contributed by atoms with Gasteiger partial charge in [0.15, 0.2) is 5.83 Å². The van der Waals surface area contributed by atoms with Crippen LogP contribution in [0.1, 0.15) is 5.56 Å². The number of likely N-dealkylation sites (tertiary alicyclic amines) is 1. The number of hydrogen-bond acceptors (Lipinski definition) is 5. The topological polar surface area (TPSA) is 63.7 Å². The van der Waals surface area contributed by atoms with Crippen molar-refractivity contribution in [2.24, 2.45) is 0 Å². The van der Waals surface area contributed by atoms with Gasteiger partial charge in [0.05, 0.1) is 6.04 Å². The molecule has 6 nitrogen and oxygen atoms in total. The molecule has 2 aromatic rings. The fraction of sp³-hybridized carbons (Fsp3) is 0.263. The van der Waals surface area contributed by atoms with Gasteiger partial charge in [-0.1, -0.05) is 6.58 Å². The Morgan fingerprint density at radius 2 is 1.83 bits per heavy atom. The quantitative estimate of drug-likeness (QED) is 0.571. The third kappa shape index (κ3) is 5.15. The van der Waals surface area contributed by atoms with Gasteiger partial charge in [-0.05, 0) is 42.8 Å². The molecule has 1 aliphatic heterocycles.